The summed E-state index contributed by atoms with van der Waals surface area (Å²) in [5, 5.41) is 5.26. The van der Waals surface area contributed by atoms with Crippen molar-refractivity contribution in [2.75, 3.05) is 0 Å². The number of aromatic nitrogens is 4. The molecule has 0 saturated carbocycles. The van der Waals surface area contributed by atoms with Gasteiger partial charge < -0.3 is 10.3 Å². The molecule has 0 aliphatic heterocycles. The molecule has 0 fully saturated rings. The summed E-state index contributed by atoms with van der Waals surface area (Å²) >= 11 is 1.45. The second-order valence-electron chi connectivity index (χ2n) is 7.15. The number of nitrogens with zero attached hydrogens (tertiary/aromatic N) is 3. The number of H-pyrrole nitrogens is 1. The predicted octanol–water partition coefficient (Wildman–Crippen LogP) is 4.58. The van der Waals surface area contributed by atoms with Crippen molar-refractivity contribution in [1.82, 2.24) is 25.3 Å². The number of carbonyl (C=O) groups is 1. The first-order valence-electron chi connectivity index (χ1n) is 10.0. The minimum absolute atomic E-state index is 0.0206. The van der Waals surface area contributed by atoms with Crippen LogP contribution in [0.3, 0.4) is 0 Å². The second kappa shape index (κ2) is 9.74. The van der Waals surface area contributed by atoms with Gasteiger partial charge in [0.1, 0.15) is 23.2 Å². The van der Waals surface area contributed by atoms with Crippen LogP contribution in [0.1, 0.15) is 46.3 Å². The van der Waals surface area contributed by atoms with E-state index in [0.717, 1.165) is 54.0 Å². The largest absolute Gasteiger partial charge is 0.345 e. The molecule has 0 bridgehead atoms. The van der Waals surface area contributed by atoms with Crippen LogP contribution in [0.2, 0.25) is 0 Å². The number of pyridine rings is 1. The molecule has 1 aromatic carbocycles. The number of halogens is 2. The molecule has 160 valence electrons. The number of hydrogen-bond donors (Lipinski definition) is 2. The molecular formula is C22H21F2N5OS. The average Bonchev–Trinajstić information content (AvgIpc) is 3.39. The molecule has 2 N–H and O–H groups in total. The molecule has 0 unspecified atom stereocenters. The Balaban J connectivity index is 1.19. The fourth-order valence-electron chi connectivity index (χ4n) is 3.23. The van der Waals surface area contributed by atoms with E-state index >= 15 is 0 Å². The third kappa shape index (κ3) is 5.49. The summed E-state index contributed by atoms with van der Waals surface area (Å²) in [7, 11) is 0. The van der Waals surface area contributed by atoms with E-state index < -0.39 is 5.82 Å². The number of aryl methyl sites for hydroxylation is 2. The zero-order chi connectivity index (χ0) is 21.6. The number of amides is 1. The third-order valence-electron chi connectivity index (χ3n) is 4.83. The summed E-state index contributed by atoms with van der Waals surface area (Å²) in [6, 6.07) is 7.35. The van der Waals surface area contributed by atoms with Crippen molar-refractivity contribution in [1.29, 1.82) is 0 Å². The van der Waals surface area contributed by atoms with Crippen molar-refractivity contribution in [3.8, 4) is 0 Å². The number of hydrogen-bond acceptors (Lipinski definition) is 5. The molecule has 0 atom stereocenters. The fraction of sp³-hybridized carbons (Fsp3) is 0.273. The Kier molecular flexibility index (Phi) is 6.61. The molecular weight excluding hydrogens is 420 g/mol. The van der Waals surface area contributed by atoms with Crippen molar-refractivity contribution >= 4 is 28.3 Å². The number of thiazole rings is 1. The Hall–Kier alpha value is -3.20. The lowest BCUT2D eigenvalue weighted by molar-refractivity contribution is 0.0945. The van der Waals surface area contributed by atoms with E-state index in [1.165, 1.54) is 41.8 Å². The van der Waals surface area contributed by atoms with E-state index in [0.29, 0.717) is 5.69 Å². The predicted molar refractivity (Wildman–Crippen MR) is 115 cm³/mol. The van der Waals surface area contributed by atoms with Gasteiger partial charge in [-0.05, 0) is 49.6 Å². The summed E-state index contributed by atoms with van der Waals surface area (Å²) in [6.07, 6.45) is 5.97. The maximum atomic E-state index is 13.6. The van der Waals surface area contributed by atoms with Gasteiger partial charge in [0, 0.05) is 18.0 Å². The fourth-order valence-corrected chi connectivity index (χ4v) is 4.05. The summed E-state index contributed by atoms with van der Waals surface area (Å²) in [6.45, 7) is 0.0206. The first kappa shape index (κ1) is 21.0. The number of imidazole rings is 1. The standard InChI is InChI=1S/C22H21F2N5OS/c23-14-8-9-16-17(11-14)28-20(27-16)6-2-1-3-7-21-29-19(13-31-21)22(30)26-12-18-15(24)5-4-10-25-18/h4-5,8-11,13H,1-3,6-7,12H2,(H,26,30)(H,27,28). The molecule has 0 spiro atoms. The summed E-state index contributed by atoms with van der Waals surface area (Å²) in [5.41, 5.74) is 2.02. The molecule has 3 aromatic heterocycles. The summed E-state index contributed by atoms with van der Waals surface area (Å²) in [5.74, 6) is -0.202. The Morgan fingerprint density at radius 3 is 2.84 bits per heavy atom. The highest BCUT2D eigenvalue weighted by Crippen LogP contribution is 2.16. The summed E-state index contributed by atoms with van der Waals surface area (Å²) < 4.78 is 26.8. The number of unbranched alkanes of at least 4 members (excludes halogenated alkanes) is 2. The van der Waals surface area contributed by atoms with Gasteiger partial charge >= 0.3 is 0 Å². The minimum Gasteiger partial charge on any atom is -0.345 e. The maximum Gasteiger partial charge on any atom is 0.271 e. The zero-order valence-corrected chi connectivity index (χ0v) is 17.5. The molecule has 0 radical (unpaired) electrons. The van der Waals surface area contributed by atoms with E-state index in [1.807, 2.05) is 0 Å². The number of benzene rings is 1. The quantitative estimate of drug-likeness (QED) is 0.373. The van der Waals surface area contributed by atoms with Crippen LogP contribution in [0.15, 0.2) is 41.9 Å². The number of nitrogens with one attached hydrogen (secondary N) is 2. The van der Waals surface area contributed by atoms with Gasteiger partial charge in [-0.15, -0.1) is 11.3 Å². The number of carbonyl (C=O) groups excluding carboxylic acids is 1. The number of fused-ring (bicyclic) bond motifs is 1. The van der Waals surface area contributed by atoms with Crippen molar-refractivity contribution in [3.05, 3.63) is 75.8 Å². The monoisotopic (exact) mass is 441 g/mol. The van der Waals surface area contributed by atoms with Crippen LogP contribution in [-0.2, 0) is 19.4 Å². The molecule has 1 amide bonds. The Labute approximate surface area is 181 Å². The lowest BCUT2D eigenvalue weighted by atomic mass is 10.1. The van der Waals surface area contributed by atoms with Crippen molar-refractivity contribution in [2.24, 2.45) is 0 Å². The van der Waals surface area contributed by atoms with E-state index in [4.69, 9.17) is 0 Å². The normalized spacial score (nSPS) is 11.2. The van der Waals surface area contributed by atoms with E-state index in [9.17, 15) is 13.6 Å². The maximum absolute atomic E-state index is 13.6. The van der Waals surface area contributed by atoms with Gasteiger partial charge in [-0.1, -0.05) is 6.42 Å². The van der Waals surface area contributed by atoms with E-state index in [2.05, 4.69) is 25.3 Å². The molecule has 0 aliphatic carbocycles. The Morgan fingerprint density at radius 2 is 1.97 bits per heavy atom. The highest BCUT2D eigenvalue weighted by Gasteiger charge is 2.12. The molecule has 9 heteroatoms. The molecule has 31 heavy (non-hydrogen) atoms. The van der Waals surface area contributed by atoms with Crippen molar-refractivity contribution in [3.63, 3.8) is 0 Å². The molecule has 3 heterocycles. The smallest absolute Gasteiger partial charge is 0.271 e. The van der Waals surface area contributed by atoms with Crippen LogP contribution in [0.5, 0.6) is 0 Å². The highest BCUT2D eigenvalue weighted by atomic mass is 32.1. The van der Waals surface area contributed by atoms with E-state index in [-0.39, 0.29) is 24.0 Å². The van der Waals surface area contributed by atoms with Crippen molar-refractivity contribution < 1.29 is 13.6 Å². The van der Waals surface area contributed by atoms with Crippen LogP contribution in [0.25, 0.3) is 11.0 Å². The van der Waals surface area contributed by atoms with Gasteiger partial charge in [0.15, 0.2) is 0 Å². The lowest BCUT2D eigenvalue weighted by Gasteiger charge is -2.03. The minimum atomic E-state index is -0.448. The molecule has 4 aromatic rings. The van der Waals surface area contributed by atoms with Crippen LogP contribution >= 0.6 is 11.3 Å². The first-order chi connectivity index (χ1) is 15.1. The van der Waals surface area contributed by atoms with Crippen molar-refractivity contribution in [2.45, 2.75) is 38.6 Å². The van der Waals surface area contributed by atoms with Gasteiger partial charge in [-0.2, -0.15) is 0 Å². The number of rotatable bonds is 9. The third-order valence-corrected chi connectivity index (χ3v) is 5.74. The topological polar surface area (TPSA) is 83.6 Å². The van der Waals surface area contributed by atoms with Crippen LogP contribution in [0.4, 0.5) is 8.78 Å². The molecule has 0 aliphatic rings. The number of aromatic amines is 1. The van der Waals surface area contributed by atoms with Crippen LogP contribution in [-0.4, -0.2) is 25.8 Å². The molecule has 6 nitrogen and oxygen atoms in total. The molecule has 0 saturated heterocycles. The van der Waals surface area contributed by atoms with E-state index in [1.54, 1.807) is 11.4 Å². The van der Waals surface area contributed by atoms with Gasteiger partial charge in [0.2, 0.25) is 0 Å². The second-order valence-corrected chi connectivity index (χ2v) is 8.09. The SMILES string of the molecule is O=C(NCc1ncccc1F)c1csc(CCCCCc2nc3ccc(F)cc3[nH]2)n1. The van der Waals surface area contributed by atoms with Gasteiger partial charge in [-0.25, -0.2) is 18.7 Å². The highest BCUT2D eigenvalue weighted by molar-refractivity contribution is 7.09. The Bertz CT molecular complexity index is 1190. The average molecular weight is 442 g/mol. The summed E-state index contributed by atoms with van der Waals surface area (Å²) in [4.78, 5) is 28.1. The Morgan fingerprint density at radius 1 is 1.10 bits per heavy atom. The zero-order valence-electron chi connectivity index (χ0n) is 16.7. The van der Waals surface area contributed by atoms with Crippen LogP contribution < -0.4 is 5.32 Å². The first-order valence-corrected chi connectivity index (χ1v) is 10.9. The lowest BCUT2D eigenvalue weighted by Crippen LogP contribution is -2.24. The van der Waals surface area contributed by atoms with Gasteiger partial charge in [0.05, 0.1) is 28.3 Å². The molecule has 4 rings (SSSR count). The van der Waals surface area contributed by atoms with Crippen LogP contribution in [0, 0.1) is 11.6 Å². The van der Waals surface area contributed by atoms with Gasteiger partial charge in [0.25, 0.3) is 5.91 Å². The van der Waals surface area contributed by atoms with Gasteiger partial charge in [-0.3, -0.25) is 9.78 Å².